The summed E-state index contributed by atoms with van der Waals surface area (Å²) in [4.78, 5) is 4.67. The molecule has 14 heavy (non-hydrogen) atoms. The molecular formula is C10H16N2S2. The maximum atomic E-state index is 5.90. The van der Waals surface area contributed by atoms with E-state index in [2.05, 4.69) is 17.3 Å². The summed E-state index contributed by atoms with van der Waals surface area (Å²) in [6.07, 6.45) is 3.51. The molecule has 0 saturated carbocycles. The standard InChI is InChI=1S/C10H16N2S2/c1-2-8-6-13-9(12-8)10(7-11)4-3-5-14-10/h6H,2-5,7,11H2,1H3. The van der Waals surface area contributed by atoms with Gasteiger partial charge in [0.05, 0.1) is 10.4 Å². The summed E-state index contributed by atoms with van der Waals surface area (Å²) in [5.41, 5.74) is 7.11. The maximum absolute atomic E-state index is 5.90. The minimum Gasteiger partial charge on any atom is -0.329 e. The molecule has 2 heterocycles. The van der Waals surface area contributed by atoms with Crippen LogP contribution in [-0.2, 0) is 11.2 Å². The molecule has 1 aliphatic rings. The average Bonchev–Trinajstić information content (AvgIpc) is 2.87. The first kappa shape index (κ1) is 10.5. The summed E-state index contributed by atoms with van der Waals surface area (Å²) in [6.45, 7) is 2.88. The summed E-state index contributed by atoms with van der Waals surface area (Å²) in [7, 11) is 0. The van der Waals surface area contributed by atoms with Crippen LogP contribution in [-0.4, -0.2) is 17.3 Å². The fourth-order valence-electron chi connectivity index (χ4n) is 1.79. The zero-order valence-electron chi connectivity index (χ0n) is 8.45. The third-order valence-corrected chi connectivity index (χ3v) is 5.57. The van der Waals surface area contributed by atoms with E-state index in [-0.39, 0.29) is 4.75 Å². The third kappa shape index (κ3) is 1.71. The number of hydrogen-bond donors (Lipinski definition) is 1. The van der Waals surface area contributed by atoms with E-state index >= 15 is 0 Å². The van der Waals surface area contributed by atoms with Crippen LogP contribution >= 0.6 is 23.1 Å². The Labute approximate surface area is 93.3 Å². The molecule has 0 radical (unpaired) electrons. The molecule has 1 unspecified atom stereocenters. The van der Waals surface area contributed by atoms with Crippen molar-refractivity contribution in [1.29, 1.82) is 0 Å². The van der Waals surface area contributed by atoms with E-state index in [0.29, 0.717) is 0 Å². The van der Waals surface area contributed by atoms with Gasteiger partial charge in [0.1, 0.15) is 5.01 Å². The highest BCUT2D eigenvalue weighted by molar-refractivity contribution is 8.00. The molecule has 2 N–H and O–H groups in total. The number of thioether (sulfide) groups is 1. The van der Waals surface area contributed by atoms with E-state index in [4.69, 9.17) is 5.73 Å². The van der Waals surface area contributed by atoms with Crippen LogP contribution < -0.4 is 5.73 Å². The lowest BCUT2D eigenvalue weighted by Crippen LogP contribution is -2.28. The van der Waals surface area contributed by atoms with Crippen LogP contribution in [0, 0.1) is 0 Å². The van der Waals surface area contributed by atoms with Crippen LogP contribution in [0.1, 0.15) is 30.5 Å². The van der Waals surface area contributed by atoms with Crippen LogP contribution in [0.4, 0.5) is 0 Å². The second-order valence-corrected chi connectivity index (χ2v) is 5.98. The lowest BCUT2D eigenvalue weighted by molar-refractivity contribution is 0.594. The lowest BCUT2D eigenvalue weighted by atomic mass is 10.0. The minimum atomic E-state index is 0.151. The van der Waals surface area contributed by atoms with Crippen molar-refractivity contribution in [2.75, 3.05) is 12.3 Å². The zero-order valence-corrected chi connectivity index (χ0v) is 10.1. The van der Waals surface area contributed by atoms with Crippen molar-refractivity contribution in [2.45, 2.75) is 30.9 Å². The van der Waals surface area contributed by atoms with Crippen LogP contribution in [0.2, 0.25) is 0 Å². The average molecular weight is 228 g/mol. The highest BCUT2D eigenvalue weighted by Gasteiger charge is 2.37. The maximum Gasteiger partial charge on any atom is 0.110 e. The number of hydrogen-bond acceptors (Lipinski definition) is 4. The topological polar surface area (TPSA) is 38.9 Å². The molecule has 0 spiro atoms. The van der Waals surface area contributed by atoms with Gasteiger partial charge in [-0.05, 0) is 25.0 Å². The summed E-state index contributed by atoms with van der Waals surface area (Å²) in [5.74, 6) is 1.23. The molecular weight excluding hydrogens is 212 g/mol. The van der Waals surface area contributed by atoms with Crippen LogP contribution in [0.5, 0.6) is 0 Å². The Hall–Kier alpha value is -0.0600. The molecule has 1 aromatic rings. The molecule has 2 nitrogen and oxygen atoms in total. The van der Waals surface area contributed by atoms with E-state index in [1.165, 1.54) is 29.3 Å². The molecule has 2 rings (SSSR count). The number of rotatable bonds is 3. The molecule has 1 aliphatic heterocycles. The van der Waals surface area contributed by atoms with Gasteiger partial charge in [-0.3, -0.25) is 0 Å². The van der Waals surface area contributed by atoms with Gasteiger partial charge >= 0.3 is 0 Å². The van der Waals surface area contributed by atoms with E-state index in [0.717, 1.165) is 13.0 Å². The number of nitrogens with zero attached hydrogens (tertiary/aromatic N) is 1. The molecule has 1 atom stereocenters. The van der Waals surface area contributed by atoms with Crippen LogP contribution in [0.25, 0.3) is 0 Å². The smallest absolute Gasteiger partial charge is 0.110 e. The molecule has 0 bridgehead atoms. The van der Waals surface area contributed by atoms with Crippen molar-refractivity contribution >= 4 is 23.1 Å². The van der Waals surface area contributed by atoms with Gasteiger partial charge in [0.2, 0.25) is 0 Å². The Morgan fingerprint density at radius 2 is 2.50 bits per heavy atom. The number of thiazole rings is 1. The highest BCUT2D eigenvalue weighted by atomic mass is 32.2. The van der Waals surface area contributed by atoms with Crippen molar-refractivity contribution in [1.82, 2.24) is 4.98 Å². The molecule has 4 heteroatoms. The third-order valence-electron chi connectivity index (χ3n) is 2.74. The van der Waals surface area contributed by atoms with Gasteiger partial charge in [-0.1, -0.05) is 6.92 Å². The zero-order chi connectivity index (χ0) is 10.0. The normalized spacial score (nSPS) is 27.0. The van der Waals surface area contributed by atoms with Crippen molar-refractivity contribution in [3.05, 3.63) is 16.1 Å². The van der Waals surface area contributed by atoms with Gasteiger partial charge in [-0.2, -0.15) is 0 Å². The largest absolute Gasteiger partial charge is 0.329 e. The second-order valence-electron chi connectivity index (χ2n) is 3.65. The molecule has 1 aromatic heterocycles. The first-order chi connectivity index (χ1) is 6.80. The van der Waals surface area contributed by atoms with Gasteiger partial charge in [-0.25, -0.2) is 4.98 Å². The van der Waals surface area contributed by atoms with Crippen LogP contribution in [0.15, 0.2) is 5.38 Å². The predicted molar refractivity (Wildman–Crippen MR) is 63.9 cm³/mol. The minimum absolute atomic E-state index is 0.151. The van der Waals surface area contributed by atoms with Crippen molar-refractivity contribution in [3.63, 3.8) is 0 Å². The van der Waals surface area contributed by atoms with Crippen molar-refractivity contribution in [3.8, 4) is 0 Å². The molecule has 0 aromatic carbocycles. The van der Waals surface area contributed by atoms with Crippen molar-refractivity contribution in [2.24, 2.45) is 5.73 Å². The lowest BCUT2D eigenvalue weighted by Gasteiger charge is -2.23. The van der Waals surface area contributed by atoms with Gasteiger partial charge in [0.15, 0.2) is 0 Å². The highest BCUT2D eigenvalue weighted by Crippen LogP contribution is 2.46. The predicted octanol–water partition coefficient (Wildman–Crippen LogP) is 2.39. The van der Waals surface area contributed by atoms with E-state index in [9.17, 15) is 0 Å². The number of aryl methyl sites for hydroxylation is 1. The Morgan fingerprint density at radius 3 is 3.00 bits per heavy atom. The molecule has 0 amide bonds. The SMILES string of the molecule is CCc1csc(C2(CN)CCCS2)n1. The van der Waals surface area contributed by atoms with Crippen molar-refractivity contribution < 1.29 is 0 Å². The molecule has 0 aliphatic carbocycles. The molecule has 1 saturated heterocycles. The fraction of sp³-hybridized carbons (Fsp3) is 0.700. The first-order valence-electron chi connectivity index (χ1n) is 5.09. The summed E-state index contributed by atoms with van der Waals surface area (Å²) in [6, 6.07) is 0. The number of aromatic nitrogens is 1. The Morgan fingerprint density at radius 1 is 1.64 bits per heavy atom. The van der Waals surface area contributed by atoms with Gasteiger partial charge in [0.25, 0.3) is 0 Å². The molecule has 1 fully saturated rings. The quantitative estimate of drug-likeness (QED) is 0.863. The monoisotopic (exact) mass is 228 g/mol. The van der Waals surface area contributed by atoms with Crippen LogP contribution in [0.3, 0.4) is 0 Å². The summed E-state index contributed by atoms with van der Waals surface area (Å²) < 4.78 is 0.151. The summed E-state index contributed by atoms with van der Waals surface area (Å²) in [5, 5.41) is 3.42. The Kier molecular flexibility index (Phi) is 3.14. The first-order valence-corrected chi connectivity index (χ1v) is 6.96. The Balaban J connectivity index is 2.26. The fourth-order valence-corrected chi connectivity index (χ4v) is 4.41. The summed E-state index contributed by atoms with van der Waals surface area (Å²) >= 11 is 3.77. The number of nitrogens with two attached hydrogens (primary N) is 1. The second kappa shape index (κ2) is 4.21. The van der Waals surface area contributed by atoms with E-state index in [1.807, 2.05) is 11.8 Å². The van der Waals surface area contributed by atoms with Gasteiger partial charge < -0.3 is 5.73 Å². The van der Waals surface area contributed by atoms with Gasteiger partial charge in [0, 0.05) is 11.9 Å². The Bertz CT molecular complexity index is 303. The van der Waals surface area contributed by atoms with E-state index in [1.54, 1.807) is 11.3 Å². The van der Waals surface area contributed by atoms with E-state index < -0.39 is 0 Å². The molecule has 78 valence electrons. The van der Waals surface area contributed by atoms with Gasteiger partial charge in [-0.15, -0.1) is 23.1 Å².